The van der Waals surface area contributed by atoms with Crippen molar-refractivity contribution in [3.63, 3.8) is 0 Å². The first-order valence-electron chi connectivity index (χ1n) is 9.24. The molecule has 1 aromatic heterocycles. The van der Waals surface area contributed by atoms with Gasteiger partial charge in [-0.3, -0.25) is 15.1 Å². The predicted octanol–water partition coefficient (Wildman–Crippen LogP) is 3.17. The molecule has 2 rings (SSSR count). The maximum atomic E-state index is 10.9. The lowest BCUT2D eigenvalue weighted by molar-refractivity contribution is -0.463. The topological polar surface area (TPSA) is 83.9 Å². The minimum atomic E-state index is -0.309. The molecule has 1 fully saturated rings. The highest BCUT2D eigenvalue weighted by molar-refractivity contribution is 7.98. The van der Waals surface area contributed by atoms with Crippen LogP contribution in [-0.2, 0) is 12.3 Å². The summed E-state index contributed by atoms with van der Waals surface area (Å²) in [5, 5.41) is 14.2. The molecule has 0 saturated heterocycles. The van der Waals surface area contributed by atoms with Gasteiger partial charge in [-0.1, -0.05) is 19.3 Å². The van der Waals surface area contributed by atoms with Gasteiger partial charge in [0, 0.05) is 16.7 Å². The van der Waals surface area contributed by atoms with Gasteiger partial charge in [0.2, 0.25) is 0 Å². The Hall–Kier alpha value is -1.54. The minimum Gasteiger partial charge on any atom is -0.464 e. The highest BCUT2D eigenvalue weighted by Crippen LogP contribution is 2.18. The molecule has 1 heterocycles. The van der Waals surface area contributed by atoms with Crippen LogP contribution >= 0.6 is 11.8 Å². The maximum absolute atomic E-state index is 10.9. The molecule has 0 spiro atoms. The number of hydrogen-bond donors (Lipinski definition) is 1. The van der Waals surface area contributed by atoms with E-state index >= 15 is 0 Å². The van der Waals surface area contributed by atoms with Crippen molar-refractivity contribution in [2.75, 3.05) is 32.9 Å². The number of furan rings is 1. The van der Waals surface area contributed by atoms with Crippen LogP contribution in [0.2, 0.25) is 0 Å². The van der Waals surface area contributed by atoms with E-state index in [-0.39, 0.29) is 11.5 Å². The van der Waals surface area contributed by atoms with E-state index in [4.69, 9.17) is 4.42 Å². The lowest BCUT2D eigenvalue weighted by Crippen LogP contribution is -2.39. The quantitative estimate of drug-likeness (QED) is 0.220. The Balaban J connectivity index is 1.72. The molecule has 0 bridgehead atoms. The van der Waals surface area contributed by atoms with Gasteiger partial charge in [-0.05, 0) is 39.1 Å². The van der Waals surface area contributed by atoms with Gasteiger partial charge >= 0.3 is 0 Å². The predicted molar refractivity (Wildman–Crippen MR) is 106 cm³/mol. The number of aliphatic imine (C=N–C) groups is 1. The summed E-state index contributed by atoms with van der Waals surface area (Å²) in [6.07, 6.45) is 5.81. The van der Waals surface area contributed by atoms with E-state index in [2.05, 4.69) is 15.2 Å². The molecule has 8 heteroatoms. The maximum Gasteiger partial charge on any atom is 0.259 e. The van der Waals surface area contributed by atoms with Crippen molar-refractivity contribution in [1.82, 2.24) is 10.2 Å². The number of rotatable bonds is 10. The Bertz CT molecular complexity index is 583. The van der Waals surface area contributed by atoms with Crippen molar-refractivity contribution in [3.8, 4) is 0 Å². The molecule has 1 aliphatic rings. The molecule has 7 nitrogen and oxygen atoms in total. The molecule has 1 N–H and O–H groups in total. The van der Waals surface area contributed by atoms with E-state index in [1.54, 1.807) is 11.8 Å². The summed E-state index contributed by atoms with van der Waals surface area (Å²) in [7, 11) is 4.03. The van der Waals surface area contributed by atoms with Crippen LogP contribution in [0.5, 0.6) is 0 Å². The molecule has 0 radical (unpaired) electrons. The van der Waals surface area contributed by atoms with Crippen LogP contribution in [0, 0.1) is 10.1 Å². The van der Waals surface area contributed by atoms with Crippen LogP contribution in [0.25, 0.3) is 0 Å². The van der Waals surface area contributed by atoms with E-state index in [1.807, 2.05) is 26.2 Å². The van der Waals surface area contributed by atoms with Crippen molar-refractivity contribution in [1.29, 1.82) is 0 Å². The average molecular weight is 383 g/mol. The second kappa shape index (κ2) is 11.2. The molecule has 0 atom stereocenters. The standard InChI is InChI=1S/C18H30N4O3S/c1-21(2)12-16-8-9-17(25-16)14-26-11-10-19-18(13-22(23)24)20-15-6-4-3-5-7-15/h8-9,15H,3-7,10-14H2,1-2H3,(H,19,20). The van der Waals surface area contributed by atoms with Gasteiger partial charge in [0.25, 0.3) is 6.54 Å². The average Bonchev–Trinajstić information content (AvgIpc) is 3.01. The first-order valence-corrected chi connectivity index (χ1v) is 10.4. The number of amidine groups is 1. The Morgan fingerprint density at radius 1 is 1.35 bits per heavy atom. The number of nitrogens with zero attached hydrogens (tertiary/aromatic N) is 3. The van der Waals surface area contributed by atoms with E-state index in [0.717, 1.165) is 42.4 Å². The zero-order valence-corrected chi connectivity index (χ0v) is 16.6. The van der Waals surface area contributed by atoms with Crippen LogP contribution in [0.3, 0.4) is 0 Å². The summed E-state index contributed by atoms with van der Waals surface area (Å²) in [5.74, 6) is 4.06. The summed E-state index contributed by atoms with van der Waals surface area (Å²) in [5.41, 5.74) is 0. The largest absolute Gasteiger partial charge is 0.464 e. The highest BCUT2D eigenvalue weighted by Gasteiger charge is 2.17. The van der Waals surface area contributed by atoms with Crippen molar-refractivity contribution in [2.24, 2.45) is 4.99 Å². The third-order valence-electron chi connectivity index (χ3n) is 4.23. The monoisotopic (exact) mass is 382 g/mol. The lowest BCUT2D eigenvalue weighted by atomic mass is 9.95. The molecule has 146 valence electrons. The molecule has 0 aromatic carbocycles. The Kier molecular flexibility index (Phi) is 8.97. The second-order valence-electron chi connectivity index (χ2n) is 6.96. The first kappa shape index (κ1) is 20.8. The second-order valence-corrected chi connectivity index (χ2v) is 8.06. The van der Waals surface area contributed by atoms with Gasteiger partial charge in [0.1, 0.15) is 11.5 Å². The third-order valence-corrected chi connectivity index (χ3v) is 5.19. The molecular formula is C18H30N4O3S. The number of nitrogens with one attached hydrogen (secondary N) is 1. The van der Waals surface area contributed by atoms with Gasteiger partial charge in [-0.2, -0.15) is 11.8 Å². The van der Waals surface area contributed by atoms with E-state index < -0.39 is 0 Å². The molecule has 0 unspecified atom stereocenters. The summed E-state index contributed by atoms with van der Waals surface area (Å²) >= 11 is 1.73. The van der Waals surface area contributed by atoms with Crippen molar-refractivity contribution < 1.29 is 9.34 Å². The third kappa shape index (κ3) is 8.23. The highest BCUT2D eigenvalue weighted by atomic mass is 32.2. The van der Waals surface area contributed by atoms with Crippen LogP contribution in [0.1, 0.15) is 43.6 Å². The normalized spacial score (nSPS) is 16.2. The summed E-state index contributed by atoms with van der Waals surface area (Å²) in [6.45, 7) is 1.16. The summed E-state index contributed by atoms with van der Waals surface area (Å²) in [6, 6.07) is 4.36. The summed E-state index contributed by atoms with van der Waals surface area (Å²) in [4.78, 5) is 17.1. The van der Waals surface area contributed by atoms with Crippen molar-refractivity contribution in [2.45, 2.75) is 50.4 Å². The number of hydrogen-bond acceptors (Lipinski definition) is 6. The van der Waals surface area contributed by atoms with E-state index in [0.29, 0.717) is 18.4 Å². The van der Waals surface area contributed by atoms with Crippen LogP contribution in [0.15, 0.2) is 21.5 Å². The van der Waals surface area contributed by atoms with Gasteiger partial charge in [-0.25, -0.2) is 0 Å². The SMILES string of the molecule is CN(C)Cc1ccc(CSCCN=C(C[N+](=O)[O-])NC2CCCCC2)o1. The Morgan fingerprint density at radius 2 is 2.08 bits per heavy atom. The van der Waals surface area contributed by atoms with Crippen molar-refractivity contribution >= 4 is 17.6 Å². The molecule has 1 saturated carbocycles. The smallest absolute Gasteiger partial charge is 0.259 e. The lowest BCUT2D eigenvalue weighted by Gasteiger charge is -2.23. The number of thioether (sulfide) groups is 1. The molecule has 0 aliphatic heterocycles. The fourth-order valence-electron chi connectivity index (χ4n) is 3.06. The first-order chi connectivity index (χ1) is 12.5. The fraction of sp³-hybridized carbons (Fsp3) is 0.722. The zero-order valence-electron chi connectivity index (χ0n) is 15.8. The Labute approximate surface area is 159 Å². The van der Waals surface area contributed by atoms with Crippen LogP contribution < -0.4 is 5.32 Å². The molecule has 1 aliphatic carbocycles. The van der Waals surface area contributed by atoms with Gasteiger partial charge in [0.15, 0.2) is 5.84 Å². The Morgan fingerprint density at radius 3 is 2.77 bits per heavy atom. The fourth-order valence-corrected chi connectivity index (χ4v) is 3.78. The zero-order chi connectivity index (χ0) is 18.8. The van der Waals surface area contributed by atoms with E-state index in [1.165, 1.54) is 19.3 Å². The van der Waals surface area contributed by atoms with Crippen LogP contribution in [0.4, 0.5) is 0 Å². The van der Waals surface area contributed by atoms with Crippen molar-refractivity contribution in [3.05, 3.63) is 33.8 Å². The molecule has 1 aromatic rings. The molecule has 26 heavy (non-hydrogen) atoms. The minimum absolute atomic E-state index is 0.215. The van der Waals surface area contributed by atoms with Gasteiger partial charge < -0.3 is 14.6 Å². The van der Waals surface area contributed by atoms with Gasteiger partial charge in [-0.15, -0.1) is 0 Å². The van der Waals surface area contributed by atoms with E-state index in [9.17, 15) is 10.1 Å². The number of nitro groups is 1. The van der Waals surface area contributed by atoms with Gasteiger partial charge in [0.05, 0.1) is 18.8 Å². The molecule has 0 amide bonds. The molecular weight excluding hydrogens is 352 g/mol. The summed E-state index contributed by atoms with van der Waals surface area (Å²) < 4.78 is 5.78. The van der Waals surface area contributed by atoms with Crippen LogP contribution in [-0.4, -0.2) is 54.6 Å².